The lowest BCUT2D eigenvalue weighted by Crippen LogP contribution is -2.48. The van der Waals surface area contributed by atoms with Crippen molar-refractivity contribution in [3.63, 3.8) is 0 Å². The smallest absolute Gasteiger partial charge is 0.258 e. The van der Waals surface area contributed by atoms with Gasteiger partial charge in [0.1, 0.15) is 11.9 Å². The van der Waals surface area contributed by atoms with E-state index in [1.54, 1.807) is 18.2 Å². The molecule has 1 aromatic heterocycles. The van der Waals surface area contributed by atoms with Crippen molar-refractivity contribution in [3.8, 4) is 5.75 Å². The van der Waals surface area contributed by atoms with Crippen LogP contribution in [0.1, 0.15) is 49.4 Å². The van der Waals surface area contributed by atoms with E-state index in [2.05, 4.69) is 20.8 Å². The number of halogens is 3. The number of alkyl halides is 1. The predicted octanol–water partition coefficient (Wildman–Crippen LogP) is 3.58. The van der Waals surface area contributed by atoms with Crippen LogP contribution in [0.2, 0.25) is 10.0 Å². The molecule has 10 heteroatoms. The summed E-state index contributed by atoms with van der Waals surface area (Å²) in [7, 11) is 0. The summed E-state index contributed by atoms with van der Waals surface area (Å²) in [5, 5.41) is 15.2. The number of rotatable bonds is 6. The third kappa shape index (κ3) is 4.99. The summed E-state index contributed by atoms with van der Waals surface area (Å²) < 4.78 is 24.2. The van der Waals surface area contributed by atoms with Gasteiger partial charge in [0.05, 0.1) is 16.1 Å². The molecule has 0 radical (unpaired) electrons. The van der Waals surface area contributed by atoms with Crippen molar-refractivity contribution in [2.75, 3.05) is 13.2 Å². The maximum Gasteiger partial charge on any atom is 0.258 e. The summed E-state index contributed by atoms with van der Waals surface area (Å²) in [6.45, 7) is 0.471. The number of ether oxygens (including phenoxy) is 1. The highest BCUT2D eigenvalue weighted by molar-refractivity contribution is 6.42. The molecule has 1 aromatic carbocycles. The monoisotopic (exact) mass is 442 g/mol. The Labute approximate surface area is 177 Å². The molecule has 156 valence electrons. The van der Waals surface area contributed by atoms with Gasteiger partial charge in [-0.2, -0.15) is 0 Å². The number of nitrogens with one attached hydrogen (secondary N) is 2. The number of benzene rings is 1. The minimum absolute atomic E-state index is 0.0162. The second-order valence-electron chi connectivity index (χ2n) is 7.41. The predicted molar refractivity (Wildman–Crippen MR) is 105 cm³/mol. The molecule has 0 bridgehead atoms. The molecule has 1 saturated heterocycles. The van der Waals surface area contributed by atoms with Gasteiger partial charge in [-0.15, -0.1) is 10.2 Å². The van der Waals surface area contributed by atoms with Crippen LogP contribution < -0.4 is 15.4 Å². The molecule has 2 atom stereocenters. The Balaban J connectivity index is 1.20. The van der Waals surface area contributed by atoms with Gasteiger partial charge in [-0.25, -0.2) is 4.39 Å². The third-order valence-electron chi connectivity index (χ3n) is 5.22. The average Bonchev–Trinajstić information content (AvgIpc) is 3.16. The lowest BCUT2D eigenvalue weighted by Gasteiger charge is -2.29. The fourth-order valence-electron chi connectivity index (χ4n) is 3.48. The Morgan fingerprint density at radius 2 is 2.03 bits per heavy atom. The Kier molecular flexibility index (Phi) is 6.22. The zero-order valence-electron chi connectivity index (χ0n) is 15.5. The van der Waals surface area contributed by atoms with E-state index in [-0.39, 0.29) is 30.5 Å². The van der Waals surface area contributed by atoms with E-state index < -0.39 is 6.17 Å². The molecular formula is C19H21Cl2FN4O3. The number of piperidine rings is 1. The van der Waals surface area contributed by atoms with E-state index in [0.29, 0.717) is 47.0 Å². The molecule has 2 aliphatic rings. The van der Waals surface area contributed by atoms with Gasteiger partial charge in [0.25, 0.3) is 5.91 Å². The SMILES string of the molecule is O=C(COc1ccc(Cl)c(Cl)c1)N[C@H]1CCC(c2nnc(C3CC(F)C3)o2)NC1. The number of carbonyl (C=O) groups excluding carboxylic acids is 1. The Bertz CT molecular complexity index is 867. The topological polar surface area (TPSA) is 89.3 Å². The lowest BCUT2D eigenvalue weighted by molar-refractivity contribution is -0.124. The van der Waals surface area contributed by atoms with Gasteiger partial charge in [0, 0.05) is 24.6 Å². The fraction of sp³-hybridized carbons (Fsp3) is 0.526. The molecule has 1 saturated carbocycles. The zero-order chi connectivity index (χ0) is 20.4. The molecule has 4 rings (SSSR count). The van der Waals surface area contributed by atoms with Crippen molar-refractivity contribution in [1.82, 2.24) is 20.8 Å². The summed E-state index contributed by atoms with van der Waals surface area (Å²) in [4.78, 5) is 12.1. The maximum atomic E-state index is 13.0. The van der Waals surface area contributed by atoms with Crippen LogP contribution in [-0.2, 0) is 4.79 Å². The first-order chi connectivity index (χ1) is 14.0. The molecule has 2 fully saturated rings. The van der Waals surface area contributed by atoms with Gasteiger partial charge >= 0.3 is 0 Å². The highest BCUT2D eigenvalue weighted by Gasteiger charge is 2.35. The number of hydrogen-bond acceptors (Lipinski definition) is 6. The summed E-state index contributed by atoms with van der Waals surface area (Å²) >= 11 is 11.8. The summed E-state index contributed by atoms with van der Waals surface area (Å²) in [5.41, 5.74) is 0. The van der Waals surface area contributed by atoms with Crippen molar-refractivity contribution < 1.29 is 18.3 Å². The average molecular weight is 443 g/mol. The van der Waals surface area contributed by atoms with E-state index in [9.17, 15) is 9.18 Å². The Morgan fingerprint density at radius 3 is 2.72 bits per heavy atom. The first kappa shape index (κ1) is 20.4. The van der Waals surface area contributed by atoms with Crippen molar-refractivity contribution in [2.45, 2.75) is 49.9 Å². The quantitative estimate of drug-likeness (QED) is 0.710. The van der Waals surface area contributed by atoms with Crippen LogP contribution in [0.15, 0.2) is 22.6 Å². The molecule has 2 aromatic rings. The molecule has 2 heterocycles. The van der Waals surface area contributed by atoms with Gasteiger partial charge in [-0.3, -0.25) is 4.79 Å². The van der Waals surface area contributed by atoms with Gasteiger partial charge < -0.3 is 19.8 Å². The first-order valence-corrected chi connectivity index (χ1v) is 10.3. The molecule has 7 nitrogen and oxygen atoms in total. The minimum Gasteiger partial charge on any atom is -0.484 e. The number of nitrogens with zero attached hydrogens (tertiary/aromatic N) is 2. The summed E-state index contributed by atoms with van der Waals surface area (Å²) in [5.74, 6) is 1.35. The van der Waals surface area contributed by atoms with Crippen LogP contribution in [0, 0.1) is 0 Å². The zero-order valence-corrected chi connectivity index (χ0v) is 17.0. The molecule has 1 unspecified atom stereocenters. The van der Waals surface area contributed by atoms with Crippen molar-refractivity contribution in [1.29, 1.82) is 0 Å². The van der Waals surface area contributed by atoms with Crippen molar-refractivity contribution in [3.05, 3.63) is 40.0 Å². The molecular weight excluding hydrogens is 422 g/mol. The molecule has 0 spiro atoms. The van der Waals surface area contributed by atoms with Gasteiger partial charge in [0.15, 0.2) is 6.61 Å². The minimum atomic E-state index is -0.756. The van der Waals surface area contributed by atoms with Crippen molar-refractivity contribution in [2.24, 2.45) is 0 Å². The Hall–Kier alpha value is -1.90. The van der Waals surface area contributed by atoms with E-state index in [1.807, 2.05) is 0 Å². The van der Waals surface area contributed by atoms with E-state index in [0.717, 1.165) is 12.8 Å². The van der Waals surface area contributed by atoms with Gasteiger partial charge in [-0.05, 0) is 37.8 Å². The number of amides is 1. The highest BCUT2D eigenvalue weighted by Crippen LogP contribution is 2.38. The maximum absolute atomic E-state index is 13.0. The third-order valence-corrected chi connectivity index (χ3v) is 5.96. The van der Waals surface area contributed by atoms with Crippen LogP contribution in [-0.4, -0.2) is 41.5 Å². The fourth-order valence-corrected chi connectivity index (χ4v) is 3.77. The van der Waals surface area contributed by atoms with Gasteiger partial charge in [-0.1, -0.05) is 23.2 Å². The summed E-state index contributed by atoms with van der Waals surface area (Å²) in [6.07, 6.45) is 1.67. The normalized spacial score (nSPS) is 26.6. The number of hydrogen-bond donors (Lipinski definition) is 2. The Morgan fingerprint density at radius 1 is 1.24 bits per heavy atom. The van der Waals surface area contributed by atoms with E-state index >= 15 is 0 Å². The molecule has 2 N–H and O–H groups in total. The van der Waals surface area contributed by atoms with Crippen molar-refractivity contribution >= 4 is 29.1 Å². The number of carbonyl (C=O) groups is 1. The largest absolute Gasteiger partial charge is 0.484 e. The summed E-state index contributed by atoms with van der Waals surface area (Å²) in [6, 6.07) is 4.77. The van der Waals surface area contributed by atoms with Crippen LogP contribution in [0.4, 0.5) is 4.39 Å². The molecule has 1 aliphatic carbocycles. The van der Waals surface area contributed by atoms with E-state index in [1.165, 1.54) is 0 Å². The van der Waals surface area contributed by atoms with E-state index in [4.69, 9.17) is 32.4 Å². The van der Waals surface area contributed by atoms with Crippen LogP contribution in [0.3, 0.4) is 0 Å². The lowest BCUT2D eigenvalue weighted by atomic mass is 9.83. The first-order valence-electron chi connectivity index (χ1n) is 9.56. The molecule has 1 amide bonds. The molecule has 29 heavy (non-hydrogen) atoms. The second kappa shape index (κ2) is 8.85. The highest BCUT2D eigenvalue weighted by atomic mass is 35.5. The molecule has 1 aliphatic heterocycles. The van der Waals surface area contributed by atoms with Gasteiger partial charge in [0.2, 0.25) is 11.8 Å². The van der Waals surface area contributed by atoms with Crippen LogP contribution in [0.5, 0.6) is 5.75 Å². The van der Waals surface area contributed by atoms with Crippen LogP contribution in [0.25, 0.3) is 0 Å². The standard InChI is InChI=1S/C19H21Cl2FN4O3/c20-14-3-2-13(7-15(14)21)28-9-17(27)24-12-1-4-16(23-8-12)19-26-25-18(29-19)10-5-11(22)6-10/h2-3,7,10-12,16,23H,1,4-6,8-9H2,(H,24,27)/t10?,11?,12-,16?/m0/s1. The second-order valence-corrected chi connectivity index (χ2v) is 8.23. The number of aromatic nitrogens is 2. The van der Waals surface area contributed by atoms with Crippen LogP contribution >= 0.6 is 23.2 Å².